The molecule has 0 radical (unpaired) electrons. The average Bonchev–Trinajstić information content (AvgIpc) is 2.86. The predicted octanol–water partition coefficient (Wildman–Crippen LogP) is 1.97. The number of allylic oxidation sites excluding steroid dienone is 2. The lowest BCUT2D eigenvalue weighted by Gasteiger charge is -2.08. The van der Waals surface area contributed by atoms with Gasteiger partial charge in [0.05, 0.1) is 16.7 Å². The molecule has 0 saturated heterocycles. The van der Waals surface area contributed by atoms with Gasteiger partial charge in [-0.3, -0.25) is 9.78 Å². The Morgan fingerprint density at radius 1 is 0.917 bits per heavy atom. The molecule has 0 saturated carbocycles. The molecule has 1 aromatic carbocycles. The molecular weight excluding hydrogens is 302 g/mol. The largest absolute Gasteiger partial charge is 0.312 e. The van der Waals surface area contributed by atoms with Gasteiger partial charge in [0.15, 0.2) is 0 Å². The summed E-state index contributed by atoms with van der Waals surface area (Å²) in [4.78, 5) is 16.0. The number of nitrogens with zero attached hydrogens (tertiary/aromatic N) is 5. The lowest BCUT2D eigenvalue weighted by Crippen LogP contribution is -2.22. The number of ketones is 1. The summed E-state index contributed by atoms with van der Waals surface area (Å²) in [6, 6.07) is 11.7. The van der Waals surface area contributed by atoms with Crippen LogP contribution in [-0.4, -0.2) is 25.6 Å². The van der Waals surface area contributed by atoms with Crippen molar-refractivity contribution in [3.63, 3.8) is 0 Å². The fourth-order valence-electron chi connectivity index (χ4n) is 2.92. The third-order valence-electron chi connectivity index (χ3n) is 4.16. The van der Waals surface area contributed by atoms with Crippen LogP contribution in [0.5, 0.6) is 0 Å². The standard InChI is InChI=1S/C18H15N5O/c1-22-14-7-3-4-8-15(14)23(2)18(22)21-20-13-9-10-16(24)17-12(13)6-5-11-19-17/h3-11H,1-2H3. The second-order valence-corrected chi connectivity index (χ2v) is 5.59. The minimum absolute atomic E-state index is 0.111. The Labute approximate surface area is 138 Å². The highest BCUT2D eigenvalue weighted by Gasteiger charge is 2.18. The van der Waals surface area contributed by atoms with E-state index in [-0.39, 0.29) is 5.78 Å². The topological polar surface area (TPSA) is 64.5 Å². The van der Waals surface area contributed by atoms with Gasteiger partial charge in [-0.05, 0) is 36.4 Å². The maximum atomic E-state index is 11.9. The molecule has 1 aliphatic rings. The molecule has 0 N–H and O–H groups in total. The molecule has 4 rings (SSSR count). The van der Waals surface area contributed by atoms with Crippen LogP contribution in [0, 0.1) is 0 Å². The van der Waals surface area contributed by atoms with Gasteiger partial charge in [0.25, 0.3) is 0 Å². The molecule has 24 heavy (non-hydrogen) atoms. The number of fused-ring (bicyclic) bond motifs is 2. The second-order valence-electron chi connectivity index (χ2n) is 5.59. The quantitative estimate of drug-likeness (QED) is 0.644. The van der Waals surface area contributed by atoms with Gasteiger partial charge < -0.3 is 9.13 Å². The van der Waals surface area contributed by atoms with Gasteiger partial charge in [0, 0.05) is 25.9 Å². The third-order valence-corrected chi connectivity index (χ3v) is 4.16. The maximum absolute atomic E-state index is 11.9. The van der Waals surface area contributed by atoms with Crippen molar-refractivity contribution in [1.29, 1.82) is 0 Å². The number of carbonyl (C=O) groups excluding carboxylic acids is 1. The van der Waals surface area contributed by atoms with Crippen molar-refractivity contribution in [2.24, 2.45) is 24.3 Å². The lowest BCUT2D eigenvalue weighted by atomic mass is 10.00. The zero-order chi connectivity index (χ0) is 16.7. The Morgan fingerprint density at radius 2 is 1.62 bits per heavy atom. The van der Waals surface area contributed by atoms with E-state index in [9.17, 15) is 4.79 Å². The van der Waals surface area contributed by atoms with Crippen LogP contribution < -0.4 is 5.62 Å². The fraction of sp³-hybridized carbons (Fsp3) is 0.111. The van der Waals surface area contributed by atoms with Gasteiger partial charge in [-0.2, -0.15) is 0 Å². The predicted molar refractivity (Wildman–Crippen MR) is 91.7 cm³/mol. The maximum Gasteiger partial charge on any atom is 0.230 e. The number of imidazole rings is 1. The van der Waals surface area contributed by atoms with Crippen molar-refractivity contribution in [1.82, 2.24) is 14.1 Å². The molecule has 6 nitrogen and oxygen atoms in total. The number of pyridine rings is 1. The summed E-state index contributed by atoms with van der Waals surface area (Å²) in [5.41, 5.74) is 4.62. The summed E-state index contributed by atoms with van der Waals surface area (Å²) in [6.07, 6.45) is 4.76. The van der Waals surface area contributed by atoms with Crippen molar-refractivity contribution >= 4 is 22.5 Å². The number of hydrogen-bond donors (Lipinski definition) is 0. The summed E-state index contributed by atoms with van der Waals surface area (Å²) < 4.78 is 3.97. The molecule has 0 atom stereocenters. The summed E-state index contributed by atoms with van der Waals surface area (Å²) in [5.74, 6) is -0.111. The molecule has 0 unspecified atom stereocenters. The first-order valence-corrected chi connectivity index (χ1v) is 7.57. The number of benzene rings is 1. The Balaban J connectivity index is 1.91. The average molecular weight is 317 g/mol. The van der Waals surface area contributed by atoms with Gasteiger partial charge in [-0.15, -0.1) is 10.2 Å². The molecule has 0 fully saturated rings. The Bertz CT molecular complexity index is 1060. The van der Waals surface area contributed by atoms with E-state index < -0.39 is 0 Å². The van der Waals surface area contributed by atoms with Crippen LogP contribution in [0.25, 0.3) is 11.0 Å². The summed E-state index contributed by atoms with van der Waals surface area (Å²) in [7, 11) is 3.91. The van der Waals surface area contributed by atoms with Crippen LogP contribution in [0.1, 0.15) is 16.1 Å². The first-order valence-electron chi connectivity index (χ1n) is 7.57. The molecule has 2 heterocycles. The smallest absolute Gasteiger partial charge is 0.230 e. The molecule has 0 aliphatic heterocycles. The highest BCUT2D eigenvalue weighted by molar-refractivity contribution is 6.22. The summed E-state index contributed by atoms with van der Waals surface area (Å²) in [6.45, 7) is 0. The third kappa shape index (κ3) is 2.11. The van der Waals surface area contributed by atoms with E-state index >= 15 is 0 Å². The van der Waals surface area contributed by atoms with E-state index in [0.29, 0.717) is 17.0 Å². The van der Waals surface area contributed by atoms with E-state index in [4.69, 9.17) is 0 Å². The van der Waals surface area contributed by atoms with E-state index in [1.165, 1.54) is 6.08 Å². The number of para-hydroxylation sites is 2. The van der Waals surface area contributed by atoms with Gasteiger partial charge in [0.1, 0.15) is 5.69 Å². The Kier molecular flexibility index (Phi) is 3.23. The Hall–Kier alpha value is -3.28. The highest BCUT2D eigenvalue weighted by Crippen LogP contribution is 2.15. The van der Waals surface area contributed by atoms with Crippen LogP contribution >= 0.6 is 0 Å². The van der Waals surface area contributed by atoms with Gasteiger partial charge in [-0.1, -0.05) is 12.1 Å². The first kappa shape index (κ1) is 14.3. The molecule has 0 spiro atoms. The van der Waals surface area contributed by atoms with Gasteiger partial charge in [0.2, 0.25) is 11.4 Å². The molecule has 118 valence electrons. The van der Waals surface area contributed by atoms with Crippen LogP contribution in [0.4, 0.5) is 0 Å². The molecular formula is C18H15N5O. The van der Waals surface area contributed by atoms with Crippen LogP contribution in [0.15, 0.2) is 64.9 Å². The number of aryl methyl sites for hydroxylation is 2. The van der Waals surface area contributed by atoms with Gasteiger partial charge in [-0.25, -0.2) is 0 Å². The van der Waals surface area contributed by atoms with E-state index in [2.05, 4.69) is 15.2 Å². The van der Waals surface area contributed by atoms with Crippen molar-refractivity contribution in [3.8, 4) is 0 Å². The monoisotopic (exact) mass is 317 g/mol. The van der Waals surface area contributed by atoms with Crippen LogP contribution in [0.2, 0.25) is 0 Å². The van der Waals surface area contributed by atoms with Crippen molar-refractivity contribution < 1.29 is 4.79 Å². The highest BCUT2D eigenvalue weighted by atomic mass is 16.1. The number of rotatable bonds is 1. The van der Waals surface area contributed by atoms with E-state index in [1.807, 2.05) is 53.6 Å². The van der Waals surface area contributed by atoms with Gasteiger partial charge >= 0.3 is 0 Å². The number of aromatic nitrogens is 3. The molecule has 0 bridgehead atoms. The number of carbonyl (C=O) groups is 1. The van der Waals surface area contributed by atoms with E-state index in [1.54, 1.807) is 18.3 Å². The van der Waals surface area contributed by atoms with Crippen molar-refractivity contribution in [3.05, 3.63) is 71.6 Å². The minimum atomic E-state index is -0.111. The molecule has 0 amide bonds. The normalized spacial score (nSPS) is 15.1. The minimum Gasteiger partial charge on any atom is -0.312 e. The fourth-order valence-corrected chi connectivity index (χ4v) is 2.92. The second kappa shape index (κ2) is 5.42. The molecule has 3 aromatic rings. The molecule has 6 heteroatoms. The lowest BCUT2D eigenvalue weighted by molar-refractivity contribution is 0.104. The molecule has 1 aliphatic carbocycles. The zero-order valence-corrected chi connectivity index (χ0v) is 13.3. The van der Waals surface area contributed by atoms with Crippen LogP contribution in [-0.2, 0) is 14.1 Å². The van der Waals surface area contributed by atoms with Crippen LogP contribution in [0.3, 0.4) is 0 Å². The first-order chi connectivity index (χ1) is 11.7. The summed E-state index contributed by atoms with van der Waals surface area (Å²) in [5, 5.41) is 8.78. The zero-order valence-electron chi connectivity index (χ0n) is 13.3. The van der Waals surface area contributed by atoms with E-state index in [0.717, 1.165) is 16.7 Å². The summed E-state index contributed by atoms with van der Waals surface area (Å²) >= 11 is 0. The molecule has 2 aromatic heterocycles. The van der Waals surface area contributed by atoms with Crippen molar-refractivity contribution in [2.45, 2.75) is 0 Å². The number of hydrogen-bond acceptors (Lipinski definition) is 4. The Morgan fingerprint density at radius 3 is 2.33 bits per heavy atom. The van der Waals surface area contributed by atoms with Crippen molar-refractivity contribution in [2.75, 3.05) is 0 Å². The SMILES string of the molecule is Cn1c(=NN=C2C=CC(=O)c3ncccc32)n(C)c2ccccc21.